The highest BCUT2D eigenvalue weighted by molar-refractivity contribution is 6.32. The maximum atomic E-state index is 12.0. The van der Waals surface area contributed by atoms with Gasteiger partial charge in [-0.15, -0.1) is 0 Å². The first-order chi connectivity index (χ1) is 10.5. The van der Waals surface area contributed by atoms with E-state index in [1.165, 1.54) is 32.4 Å². The number of hydrogen-bond donors (Lipinski definition) is 2. The summed E-state index contributed by atoms with van der Waals surface area (Å²) < 4.78 is 5.04. The van der Waals surface area contributed by atoms with E-state index in [0.29, 0.717) is 28.7 Å². The van der Waals surface area contributed by atoms with Crippen molar-refractivity contribution in [2.24, 2.45) is 5.92 Å². The number of hydrogen-bond acceptors (Lipinski definition) is 3. The van der Waals surface area contributed by atoms with Gasteiger partial charge in [0.25, 0.3) is 0 Å². The molecule has 1 aliphatic carbocycles. The van der Waals surface area contributed by atoms with Crippen LogP contribution in [0.5, 0.6) is 5.75 Å². The third-order valence-electron chi connectivity index (χ3n) is 4.07. The number of nitrogens with one attached hydrogen (secondary N) is 1. The molecule has 6 heteroatoms. The highest BCUT2D eigenvalue weighted by Crippen LogP contribution is 2.31. The number of methoxy groups -OCH3 is 1. The molecule has 0 heterocycles. The van der Waals surface area contributed by atoms with E-state index in [2.05, 4.69) is 5.32 Å². The number of benzene rings is 1. The molecule has 0 radical (unpaired) electrons. The van der Waals surface area contributed by atoms with Gasteiger partial charge in [0.05, 0.1) is 12.1 Å². The number of rotatable bonds is 7. The van der Waals surface area contributed by atoms with E-state index in [4.69, 9.17) is 16.3 Å². The molecular formula is C16H20ClNO4. The van der Waals surface area contributed by atoms with Crippen molar-refractivity contribution in [2.45, 2.75) is 38.1 Å². The standard InChI is InChI=1S/C16H20ClNO4/c1-22-13-7-6-11(9-12(13)17)15(16(20)21)18-14(19)8-5-10-3-2-4-10/h6-7,9-10,15H,2-5,8H2,1H3,(H,18,19)(H,20,21). The second-order valence-electron chi connectivity index (χ2n) is 5.57. The predicted octanol–water partition coefficient (Wildman–Crippen LogP) is 3.17. The summed E-state index contributed by atoms with van der Waals surface area (Å²) in [6, 6.07) is 3.59. The fourth-order valence-electron chi connectivity index (χ4n) is 2.50. The minimum atomic E-state index is -1.11. The van der Waals surface area contributed by atoms with Crippen molar-refractivity contribution in [1.82, 2.24) is 5.32 Å². The Bertz CT molecular complexity index is 557. The summed E-state index contributed by atoms with van der Waals surface area (Å²) in [5.74, 6) is -0.278. The average Bonchev–Trinajstić information content (AvgIpc) is 2.42. The van der Waals surface area contributed by atoms with Crippen LogP contribution in [-0.2, 0) is 9.59 Å². The Morgan fingerprint density at radius 2 is 2.18 bits per heavy atom. The molecule has 1 atom stereocenters. The van der Waals surface area contributed by atoms with E-state index < -0.39 is 12.0 Å². The zero-order chi connectivity index (χ0) is 16.1. The van der Waals surface area contributed by atoms with Gasteiger partial charge in [-0.05, 0) is 30.0 Å². The molecule has 1 saturated carbocycles. The highest BCUT2D eigenvalue weighted by Gasteiger charge is 2.24. The summed E-state index contributed by atoms with van der Waals surface area (Å²) in [5.41, 5.74) is 0.426. The van der Waals surface area contributed by atoms with Crippen LogP contribution in [0.4, 0.5) is 0 Å². The molecule has 22 heavy (non-hydrogen) atoms. The Kier molecular flexibility index (Phi) is 5.66. The summed E-state index contributed by atoms with van der Waals surface area (Å²) >= 11 is 6.01. The quantitative estimate of drug-likeness (QED) is 0.807. The number of carboxylic acids is 1. The molecule has 1 aliphatic rings. The van der Waals surface area contributed by atoms with Crippen molar-refractivity contribution >= 4 is 23.5 Å². The number of carbonyl (C=O) groups excluding carboxylic acids is 1. The number of amides is 1. The van der Waals surface area contributed by atoms with E-state index in [1.807, 2.05) is 0 Å². The number of halogens is 1. The van der Waals surface area contributed by atoms with Crippen LogP contribution in [0.2, 0.25) is 5.02 Å². The second kappa shape index (κ2) is 7.49. The van der Waals surface area contributed by atoms with Gasteiger partial charge in [-0.2, -0.15) is 0 Å². The van der Waals surface area contributed by atoms with E-state index in [1.54, 1.807) is 12.1 Å². The molecule has 5 nitrogen and oxygen atoms in total. The van der Waals surface area contributed by atoms with Crippen molar-refractivity contribution < 1.29 is 19.4 Å². The van der Waals surface area contributed by atoms with Crippen molar-refractivity contribution in [3.63, 3.8) is 0 Å². The Labute approximate surface area is 134 Å². The van der Waals surface area contributed by atoms with Gasteiger partial charge < -0.3 is 15.2 Å². The molecule has 2 rings (SSSR count). The van der Waals surface area contributed by atoms with Crippen LogP contribution in [0.3, 0.4) is 0 Å². The van der Waals surface area contributed by atoms with Gasteiger partial charge in [0.1, 0.15) is 5.75 Å². The number of carbonyl (C=O) groups is 2. The monoisotopic (exact) mass is 325 g/mol. The SMILES string of the molecule is COc1ccc(C(NC(=O)CCC2CCC2)C(=O)O)cc1Cl. The molecule has 1 unspecified atom stereocenters. The molecule has 1 aromatic rings. The largest absolute Gasteiger partial charge is 0.495 e. The molecule has 0 bridgehead atoms. The molecule has 0 aliphatic heterocycles. The third-order valence-corrected chi connectivity index (χ3v) is 4.36. The van der Waals surface area contributed by atoms with Gasteiger partial charge >= 0.3 is 5.97 Å². The second-order valence-corrected chi connectivity index (χ2v) is 5.98. The fraction of sp³-hybridized carbons (Fsp3) is 0.500. The summed E-state index contributed by atoms with van der Waals surface area (Å²) in [6.45, 7) is 0. The van der Waals surface area contributed by atoms with E-state index >= 15 is 0 Å². The van der Waals surface area contributed by atoms with Crippen molar-refractivity contribution in [3.05, 3.63) is 28.8 Å². The summed E-state index contributed by atoms with van der Waals surface area (Å²) in [7, 11) is 1.48. The molecule has 1 aromatic carbocycles. The van der Waals surface area contributed by atoms with E-state index in [-0.39, 0.29) is 5.91 Å². The molecule has 0 spiro atoms. The molecular weight excluding hydrogens is 306 g/mol. The lowest BCUT2D eigenvalue weighted by molar-refractivity contribution is -0.142. The van der Waals surface area contributed by atoms with Gasteiger partial charge in [0.2, 0.25) is 5.91 Å². The maximum Gasteiger partial charge on any atom is 0.330 e. The van der Waals surface area contributed by atoms with Crippen molar-refractivity contribution in [3.8, 4) is 5.75 Å². The lowest BCUT2D eigenvalue weighted by atomic mass is 9.82. The maximum absolute atomic E-state index is 12.0. The minimum Gasteiger partial charge on any atom is -0.495 e. The van der Waals surface area contributed by atoms with Crippen LogP contribution >= 0.6 is 11.6 Å². The molecule has 0 aromatic heterocycles. The van der Waals surface area contributed by atoms with Gasteiger partial charge in [-0.3, -0.25) is 4.79 Å². The van der Waals surface area contributed by atoms with E-state index in [9.17, 15) is 14.7 Å². The Morgan fingerprint density at radius 3 is 2.68 bits per heavy atom. The van der Waals surface area contributed by atoms with Crippen LogP contribution in [0.1, 0.15) is 43.7 Å². The first-order valence-corrected chi connectivity index (χ1v) is 7.74. The van der Waals surface area contributed by atoms with Crippen LogP contribution < -0.4 is 10.1 Å². The zero-order valence-corrected chi connectivity index (χ0v) is 13.2. The number of ether oxygens (including phenoxy) is 1. The lowest BCUT2D eigenvalue weighted by Crippen LogP contribution is -2.34. The Morgan fingerprint density at radius 1 is 1.45 bits per heavy atom. The van der Waals surface area contributed by atoms with Gasteiger partial charge in [-0.1, -0.05) is 36.9 Å². The highest BCUT2D eigenvalue weighted by atomic mass is 35.5. The van der Waals surface area contributed by atoms with Gasteiger partial charge in [0.15, 0.2) is 6.04 Å². The van der Waals surface area contributed by atoms with Gasteiger partial charge in [0, 0.05) is 6.42 Å². The third kappa shape index (κ3) is 4.13. The molecule has 1 fully saturated rings. The topological polar surface area (TPSA) is 75.6 Å². The van der Waals surface area contributed by atoms with Crippen molar-refractivity contribution in [2.75, 3.05) is 7.11 Å². The number of carboxylic acid groups (broad SMARTS) is 1. The molecule has 120 valence electrons. The molecule has 1 amide bonds. The van der Waals surface area contributed by atoms with E-state index in [0.717, 1.165) is 6.42 Å². The lowest BCUT2D eigenvalue weighted by Gasteiger charge is -2.25. The molecule has 0 saturated heterocycles. The first kappa shape index (κ1) is 16.6. The van der Waals surface area contributed by atoms with Crippen LogP contribution in [-0.4, -0.2) is 24.1 Å². The van der Waals surface area contributed by atoms with Crippen molar-refractivity contribution in [1.29, 1.82) is 0 Å². The summed E-state index contributed by atoms with van der Waals surface area (Å²) in [5, 5.41) is 12.2. The van der Waals surface area contributed by atoms with Crippen LogP contribution in [0.25, 0.3) is 0 Å². The normalized spacial score (nSPS) is 15.7. The number of aliphatic carboxylic acids is 1. The minimum absolute atomic E-state index is 0.244. The Balaban J connectivity index is 2.00. The smallest absolute Gasteiger partial charge is 0.330 e. The first-order valence-electron chi connectivity index (χ1n) is 7.37. The zero-order valence-electron chi connectivity index (χ0n) is 12.5. The predicted molar refractivity (Wildman–Crippen MR) is 83.1 cm³/mol. The summed E-state index contributed by atoms with van der Waals surface area (Å²) in [4.78, 5) is 23.4. The average molecular weight is 326 g/mol. The van der Waals surface area contributed by atoms with Gasteiger partial charge in [-0.25, -0.2) is 4.79 Å². The van der Waals surface area contributed by atoms with Crippen LogP contribution in [0, 0.1) is 5.92 Å². The van der Waals surface area contributed by atoms with Crippen LogP contribution in [0.15, 0.2) is 18.2 Å². The fourth-order valence-corrected chi connectivity index (χ4v) is 2.77. The summed E-state index contributed by atoms with van der Waals surface area (Å²) in [6.07, 6.45) is 4.75. The molecule has 2 N–H and O–H groups in total. The Hall–Kier alpha value is -1.75.